The summed E-state index contributed by atoms with van der Waals surface area (Å²) < 4.78 is 0. The molecule has 3 rings (SSSR count). The van der Waals surface area contributed by atoms with Crippen molar-refractivity contribution in [3.8, 4) is 0 Å². The molecule has 2 aromatic carbocycles. The average Bonchev–Trinajstić information content (AvgIpc) is 2.71. The van der Waals surface area contributed by atoms with E-state index in [-0.39, 0.29) is 29.8 Å². The molecule has 0 aliphatic carbocycles. The van der Waals surface area contributed by atoms with Crippen LogP contribution in [0.25, 0.3) is 0 Å². The van der Waals surface area contributed by atoms with Crippen LogP contribution in [0.15, 0.2) is 48.5 Å². The van der Waals surface area contributed by atoms with Crippen molar-refractivity contribution in [3.05, 3.63) is 64.7 Å². The van der Waals surface area contributed by atoms with E-state index in [2.05, 4.69) is 33.4 Å². The maximum Gasteiger partial charge on any atom is 0.241 e. The molecule has 28 heavy (non-hydrogen) atoms. The number of carbonyl (C=O) groups excluding carboxylic acids is 2. The Morgan fingerprint density at radius 1 is 1.21 bits per heavy atom. The van der Waals surface area contributed by atoms with E-state index >= 15 is 0 Å². The zero-order chi connectivity index (χ0) is 20.5. The second-order valence-corrected chi connectivity index (χ2v) is 9.63. The Kier molecular flexibility index (Phi) is 6.15. The summed E-state index contributed by atoms with van der Waals surface area (Å²) in [6.07, 6.45) is 0.591. The van der Waals surface area contributed by atoms with Gasteiger partial charge < -0.3 is 10.2 Å². The van der Waals surface area contributed by atoms with Crippen LogP contribution in [0.4, 0.5) is 5.69 Å². The van der Waals surface area contributed by atoms with Crippen molar-refractivity contribution < 1.29 is 9.59 Å². The minimum absolute atomic E-state index is 0.00102. The lowest BCUT2D eigenvalue weighted by atomic mass is 9.87. The number of nitrogens with one attached hydrogen (secondary N) is 1. The number of anilines is 1. The second-order valence-electron chi connectivity index (χ2n) is 8.09. The maximum absolute atomic E-state index is 13.1. The highest BCUT2D eigenvalue weighted by Gasteiger charge is 2.35. The Bertz CT molecular complexity index is 880. The van der Waals surface area contributed by atoms with Crippen LogP contribution in [0, 0.1) is 0 Å². The number of hydrogen-bond donors (Lipinski definition) is 1. The van der Waals surface area contributed by atoms with Crippen LogP contribution in [-0.4, -0.2) is 28.7 Å². The first-order valence-electron chi connectivity index (χ1n) is 9.26. The van der Waals surface area contributed by atoms with E-state index in [1.54, 1.807) is 11.0 Å². The number of hydrogen-bond acceptors (Lipinski definition) is 2. The highest BCUT2D eigenvalue weighted by Crippen LogP contribution is 2.41. The molecule has 1 N–H and O–H groups in total. The smallest absolute Gasteiger partial charge is 0.241 e. The fraction of sp³-hybridized carbons (Fsp3) is 0.364. The summed E-state index contributed by atoms with van der Waals surface area (Å²) in [4.78, 5) is 26.9. The number of benzene rings is 2. The van der Waals surface area contributed by atoms with Crippen LogP contribution in [0.3, 0.4) is 0 Å². The van der Waals surface area contributed by atoms with Crippen LogP contribution in [-0.2, 0) is 9.59 Å². The maximum atomic E-state index is 13.1. The summed E-state index contributed by atoms with van der Waals surface area (Å²) in [5.41, 5.74) is 2.44. The topological polar surface area (TPSA) is 49.4 Å². The summed E-state index contributed by atoms with van der Waals surface area (Å²) in [5.74, 6) is -0.315. The quantitative estimate of drug-likeness (QED) is 0.659. The Hall–Kier alpha value is -1.85. The van der Waals surface area contributed by atoms with Gasteiger partial charge in [-0.15, -0.1) is 0 Å². The van der Waals surface area contributed by atoms with E-state index in [0.717, 1.165) is 16.8 Å². The van der Waals surface area contributed by atoms with Gasteiger partial charge >= 0.3 is 0 Å². The Morgan fingerprint density at radius 3 is 2.54 bits per heavy atom. The molecule has 2 aromatic rings. The van der Waals surface area contributed by atoms with Crippen molar-refractivity contribution >= 4 is 45.0 Å². The molecule has 2 amide bonds. The molecule has 148 valence electrons. The molecule has 2 atom stereocenters. The van der Waals surface area contributed by atoms with Crippen LogP contribution in [0.2, 0.25) is 5.02 Å². The second kappa shape index (κ2) is 8.26. The third-order valence-corrected chi connectivity index (χ3v) is 5.65. The Labute approximate surface area is 179 Å². The van der Waals surface area contributed by atoms with Gasteiger partial charge in [-0.05, 0) is 56.5 Å². The van der Waals surface area contributed by atoms with Crippen molar-refractivity contribution in [3.63, 3.8) is 0 Å². The van der Waals surface area contributed by atoms with Crippen molar-refractivity contribution in [1.29, 1.82) is 0 Å². The third kappa shape index (κ3) is 4.76. The Morgan fingerprint density at radius 2 is 1.89 bits per heavy atom. The summed E-state index contributed by atoms with van der Waals surface area (Å²) in [7, 11) is 0. The van der Waals surface area contributed by atoms with Gasteiger partial charge in [0.15, 0.2) is 0 Å². The van der Waals surface area contributed by atoms with Crippen molar-refractivity contribution in [2.45, 2.75) is 43.5 Å². The van der Waals surface area contributed by atoms with Crippen molar-refractivity contribution in [1.82, 2.24) is 5.32 Å². The lowest BCUT2D eigenvalue weighted by Crippen LogP contribution is -2.48. The molecule has 0 unspecified atom stereocenters. The fourth-order valence-corrected chi connectivity index (χ4v) is 4.34. The number of fused-ring (bicyclic) bond motifs is 1. The summed E-state index contributed by atoms with van der Waals surface area (Å²) in [6.45, 7) is 5.72. The van der Waals surface area contributed by atoms with Gasteiger partial charge in [-0.3, -0.25) is 9.59 Å². The average molecular weight is 464 g/mol. The number of rotatable bonds is 3. The van der Waals surface area contributed by atoms with Crippen LogP contribution < -0.4 is 10.2 Å². The molecule has 4 nitrogen and oxygen atoms in total. The fourth-order valence-electron chi connectivity index (χ4n) is 3.54. The summed E-state index contributed by atoms with van der Waals surface area (Å²) >= 11 is 9.86. The predicted molar refractivity (Wildman–Crippen MR) is 117 cm³/mol. The lowest BCUT2D eigenvalue weighted by Gasteiger charge is -2.27. The molecule has 0 aromatic heterocycles. The van der Waals surface area contributed by atoms with Crippen molar-refractivity contribution in [2.24, 2.45) is 0 Å². The van der Waals surface area contributed by atoms with Gasteiger partial charge in [0.1, 0.15) is 6.54 Å². The summed E-state index contributed by atoms with van der Waals surface area (Å²) in [6, 6.07) is 15.6. The first kappa shape index (κ1) is 20.9. The van der Waals surface area contributed by atoms with Gasteiger partial charge in [0, 0.05) is 22.2 Å². The molecule has 0 fully saturated rings. The highest BCUT2D eigenvalue weighted by molar-refractivity contribution is 9.10. The number of nitrogens with zero attached hydrogens (tertiary/aromatic N) is 1. The standard InChI is InChI=1S/C22H24BrClN2O2/c1-22(2,3)25-20(27)13-26-19-10-9-15(24)11-17(19)16(12-18(23)21(26)28)14-7-5-4-6-8-14/h4-11,16,18H,12-13H2,1-3H3,(H,25,27)/t16-,18+/m1/s1. The Balaban J connectivity index is 2.05. The number of halogens is 2. The van der Waals surface area contributed by atoms with Gasteiger partial charge in [-0.25, -0.2) is 0 Å². The zero-order valence-corrected chi connectivity index (χ0v) is 18.5. The molecule has 0 spiro atoms. The number of carbonyl (C=O) groups is 2. The van der Waals surface area contributed by atoms with Gasteiger partial charge in [-0.1, -0.05) is 57.9 Å². The zero-order valence-electron chi connectivity index (χ0n) is 16.2. The lowest BCUT2D eigenvalue weighted by molar-refractivity contribution is -0.124. The third-order valence-electron chi connectivity index (χ3n) is 4.65. The van der Waals surface area contributed by atoms with E-state index in [1.807, 2.05) is 51.1 Å². The van der Waals surface area contributed by atoms with E-state index in [4.69, 9.17) is 11.6 Å². The summed E-state index contributed by atoms with van der Waals surface area (Å²) in [5, 5.41) is 3.54. The van der Waals surface area contributed by atoms with E-state index in [1.165, 1.54) is 0 Å². The first-order valence-corrected chi connectivity index (χ1v) is 10.6. The normalized spacial score (nSPS) is 19.8. The number of alkyl halides is 1. The first-order chi connectivity index (χ1) is 13.2. The van der Waals surface area contributed by atoms with Gasteiger partial charge in [0.25, 0.3) is 0 Å². The van der Waals surface area contributed by atoms with Gasteiger partial charge in [0.2, 0.25) is 11.8 Å². The molecule has 1 aliphatic rings. The molecule has 0 saturated heterocycles. The minimum atomic E-state index is -0.397. The highest BCUT2D eigenvalue weighted by atomic mass is 79.9. The van der Waals surface area contributed by atoms with Gasteiger partial charge in [-0.2, -0.15) is 0 Å². The van der Waals surface area contributed by atoms with Gasteiger partial charge in [0.05, 0.1) is 4.83 Å². The molecule has 6 heteroatoms. The largest absolute Gasteiger partial charge is 0.350 e. The van der Waals surface area contributed by atoms with Crippen molar-refractivity contribution in [2.75, 3.05) is 11.4 Å². The van der Waals surface area contributed by atoms with E-state index in [0.29, 0.717) is 11.4 Å². The molecule has 1 aliphatic heterocycles. The predicted octanol–water partition coefficient (Wildman–Crippen LogP) is 4.89. The minimum Gasteiger partial charge on any atom is -0.350 e. The van der Waals surface area contributed by atoms with Crippen LogP contribution in [0.5, 0.6) is 0 Å². The molecule has 1 heterocycles. The number of amides is 2. The van der Waals surface area contributed by atoms with E-state index in [9.17, 15) is 9.59 Å². The SMILES string of the molecule is CC(C)(C)NC(=O)CN1C(=O)[C@@H](Br)C[C@H](c2ccccc2)c2cc(Cl)ccc21. The molecule has 0 bridgehead atoms. The molecule has 0 radical (unpaired) electrons. The molecular formula is C22H24BrClN2O2. The van der Waals surface area contributed by atoms with E-state index < -0.39 is 4.83 Å². The van der Waals surface area contributed by atoms with Crippen LogP contribution in [0.1, 0.15) is 44.2 Å². The monoisotopic (exact) mass is 462 g/mol. The molecular weight excluding hydrogens is 440 g/mol. The molecule has 0 saturated carbocycles. The van der Waals surface area contributed by atoms with Crippen LogP contribution >= 0.6 is 27.5 Å².